The lowest BCUT2D eigenvalue weighted by atomic mass is 10.2. The predicted molar refractivity (Wildman–Crippen MR) is 47.5 cm³/mol. The Hall–Kier alpha value is -1.01. The van der Waals surface area contributed by atoms with Crippen LogP contribution >= 0.6 is 0 Å². The topological polar surface area (TPSA) is 38.3 Å². The van der Waals surface area contributed by atoms with E-state index < -0.39 is 0 Å². The van der Waals surface area contributed by atoms with Crippen LogP contribution in [0.3, 0.4) is 0 Å². The molecule has 0 aromatic rings. The van der Waals surface area contributed by atoms with Crippen LogP contribution in [-0.2, 0) is 9.53 Å². The number of hydrogen-bond acceptors (Lipinski definition) is 3. The van der Waals surface area contributed by atoms with E-state index in [-0.39, 0.29) is 18.6 Å². The van der Waals surface area contributed by atoms with E-state index in [4.69, 9.17) is 11.2 Å². The summed E-state index contributed by atoms with van der Waals surface area (Å²) in [6, 6.07) is -0.0330. The van der Waals surface area contributed by atoms with Crippen molar-refractivity contribution in [2.45, 2.75) is 26.3 Å². The van der Waals surface area contributed by atoms with Crippen molar-refractivity contribution >= 4 is 5.97 Å². The van der Waals surface area contributed by atoms with Crippen molar-refractivity contribution in [3.63, 3.8) is 0 Å². The molecule has 0 rings (SSSR count). The van der Waals surface area contributed by atoms with Crippen LogP contribution in [0.4, 0.5) is 0 Å². The van der Waals surface area contributed by atoms with Crippen molar-refractivity contribution in [3.05, 3.63) is 0 Å². The fraction of sp³-hybridized carbons (Fsp3) is 0.667. The van der Waals surface area contributed by atoms with E-state index in [1.807, 2.05) is 6.92 Å². The molecule has 0 bridgehead atoms. The highest BCUT2D eigenvalue weighted by atomic mass is 16.5. The molecule has 0 aliphatic carbocycles. The molecule has 0 heterocycles. The Morgan fingerprint density at radius 3 is 2.75 bits per heavy atom. The summed E-state index contributed by atoms with van der Waals surface area (Å²) in [7, 11) is 0. The van der Waals surface area contributed by atoms with Crippen LogP contribution in [0.5, 0.6) is 0 Å². The zero-order valence-electron chi connectivity index (χ0n) is 7.59. The zero-order chi connectivity index (χ0) is 9.40. The third-order valence-corrected chi connectivity index (χ3v) is 1.41. The van der Waals surface area contributed by atoms with E-state index in [1.54, 1.807) is 6.92 Å². The van der Waals surface area contributed by atoms with Gasteiger partial charge in [0.25, 0.3) is 0 Å². The number of terminal acetylenes is 1. The molecule has 1 N–H and O–H groups in total. The molecule has 3 heteroatoms. The molecule has 0 saturated heterocycles. The van der Waals surface area contributed by atoms with Gasteiger partial charge >= 0.3 is 5.97 Å². The summed E-state index contributed by atoms with van der Waals surface area (Å²) in [5.41, 5.74) is 0. The molecule has 3 nitrogen and oxygen atoms in total. The van der Waals surface area contributed by atoms with Gasteiger partial charge in [0, 0.05) is 0 Å². The second-order valence-corrected chi connectivity index (χ2v) is 2.31. The van der Waals surface area contributed by atoms with Crippen LogP contribution in [0, 0.1) is 12.3 Å². The van der Waals surface area contributed by atoms with Crippen LogP contribution in [0.15, 0.2) is 0 Å². The maximum atomic E-state index is 10.8. The first-order valence-corrected chi connectivity index (χ1v) is 4.09. The first-order chi connectivity index (χ1) is 5.74. The lowest BCUT2D eigenvalue weighted by molar-refractivity contribution is -0.142. The largest absolute Gasteiger partial charge is 0.465 e. The van der Waals surface area contributed by atoms with E-state index in [1.165, 1.54) is 0 Å². The first kappa shape index (κ1) is 11.0. The van der Waals surface area contributed by atoms with Gasteiger partial charge in [-0.15, -0.1) is 6.42 Å². The molecule has 0 fully saturated rings. The fourth-order valence-electron chi connectivity index (χ4n) is 0.740. The normalized spacial score (nSPS) is 11.8. The number of esters is 1. The maximum Gasteiger partial charge on any atom is 0.319 e. The summed E-state index contributed by atoms with van der Waals surface area (Å²) >= 11 is 0. The van der Waals surface area contributed by atoms with Gasteiger partial charge in [-0.3, -0.25) is 10.1 Å². The second kappa shape index (κ2) is 6.68. The molecular formula is C9H15NO2. The van der Waals surface area contributed by atoms with Gasteiger partial charge in [0.15, 0.2) is 0 Å². The fourth-order valence-corrected chi connectivity index (χ4v) is 0.740. The number of rotatable bonds is 5. The van der Waals surface area contributed by atoms with E-state index in [0.717, 1.165) is 6.42 Å². The minimum absolute atomic E-state index is 0.0330. The highest BCUT2D eigenvalue weighted by Crippen LogP contribution is 1.87. The Morgan fingerprint density at radius 2 is 2.33 bits per heavy atom. The molecule has 0 radical (unpaired) electrons. The van der Waals surface area contributed by atoms with E-state index in [0.29, 0.717) is 6.61 Å². The van der Waals surface area contributed by atoms with Gasteiger partial charge in [-0.25, -0.2) is 0 Å². The van der Waals surface area contributed by atoms with E-state index in [2.05, 4.69) is 11.2 Å². The van der Waals surface area contributed by atoms with Gasteiger partial charge < -0.3 is 4.74 Å². The van der Waals surface area contributed by atoms with Crippen molar-refractivity contribution in [1.82, 2.24) is 5.32 Å². The van der Waals surface area contributed by atoms with E-state index in [9.17, 15) is 4.79 Å². The molecule has 0 aromatic carbocycles. The summed E-state index contributed by atoms with van der Waals surface area (Å²) < 4.78 is 4.71. The van der Waals surface area contributed by atoms with Crippen LogP contribution < -0.4 is 5.32 Å². The standard InChI is InChI=1S/C9H15NO2/c1-4-8(5-2)10-7-9(11)12-6-3/h1,8,10H,5-7H2,2-3H3. The molecule has 68 valence electrons. The summed E-state index contributed by atoms with van der Waals surface area (Å²) in [4.78, 5) is 10.8. The molecule has 12 heavy (non-hydrogen) atoms. The molecule has 0 aliphatic heterocycles. The number of carbonyl (C=O) groups excluding carboxylic acids is 1. The first-order valence-electron chi connectivity index (χ1n) is 4.09. The second-order valence-electron chi connectivity index (χ2n) is 2.31. The molecule has 0 amide bonds. The zero-order valence-corrected chi connectivity index (χ0v) is 7.59. The summed E-state index contributed by atoms with van der Waals surface area (Å²) in [6.07, 6.45) is 5.99. The Kier molecular flexibility index (Phi) is 6.12. The highest BCUT2D eigenvalue weighted by molar-refractivity contribution is 5.71. The van der Waals surface area contributed by atoms with Gasteiger partial charge in [-0.1, -0.05) is 12.8 Å². The van der Waals surface area contributed by atoms with Crippen molar-refractivity contribution < 1.29 is 9.53 Å². The molecule has 1 unspecified atom stereocenters. The molecule has 0 saturated carbocycles. The molecule has 0 aliphatic rings. The minimum Gasteiger partial charge on any atom is -0.465 e. The Morgan fingerprint density at radius 1 is 1.67 bits per heavy atom. The van der Waals surface area contributed by atoms with Crippen LogP contribution in [0.2, 0.25) is 0 Å². The monoisotopic (exact) mass is 169 g/mol. The van der Waals surface area contributed by atoms with Gasteiger partial charge in [0.1, 0.15) is 0 Å². The van der Waals surface area contributed by atoms with Crippen LogP contribution in [-0.4, -0.2) is 25.2 Å². The Labute approximate surface area is 73.5 Å². The number of carbonyl (C=O) groups is 1. The van der Waals surface area contributed by atoms with Crippen molar-refractivity contribution in [2.75, 3.05) is 13.2 Å². The molecule has 1 atom stereocenters. The van der Waals surface area contributed by atoms with Crippen molar-refractivity contribution in [3.8, 4) is 12.3 Å². The predicted octanol–water partition coefficient (Wildman–Crippen LogP) is 0.551. The minimum atomic E-state index is -0.258. The lowest BCUT2D eigenvalue weighted by Gasteiger charge is -2.08. The van der Waals surface area contributed by atoms with Crippen LogP contribution in [0.1, 0.15) is 20.3 Å². The SMILES string of the molecule is C#CC(CC)NCC(=O)OCC. The van der Waals surface area contributed by atoms with Gasteiger partial charge in [0.2, 0.25) is 0 Å². The van der Waals surface area contributed by atoms with E-state index >= 15 is 0 Å². The number of hydrogen-bond donors (Lipinski definition) is 1. The lowest BCUT2D eigenvalue weighted by Crippen LogP contribution is -2.32. The third kappa shape index (κ3) is 4.75. The van der Waals surface area contributed by atoms with Gasteiger partial charge in [-0.05, 0) is 13.3 Å². The summed E-state index contributed by atoms with van der Waals surface area (Å²) in [6.45, 7) is 4.34. The maximum absolute atomic E-state index is 10.8. The molecule has 0 spiro atoms. The summed E-state index contributed by atoms with van der Waals surface area (Å²) in [5, 5.41) is 2.89. The average Bonchev–Trinajstić information content (AvgIpc) is 2.07. The Balaban J connectivity index is 3.53. The molecule has 0 aromatic heterocycles. The van der Waals surface area contributed by atoms with Crippen molar-refractivity contribution in [2.24, 2.45) is 0 Å². The average molecular weight is 169 g/mol. The number of ether oxygens (including phenoxy) is 1. The molecular weight excluding hydrogens is 154 g/mol. The number of nitrogens with one attached hydrogen (secondary N) is 1. The Bertz CT molecular complexity index is 172. The van der Waals surface area contributed by atoms with Crippen molar-refractivity contribution in [1.29, 1.82) is 0 Å². The van der Waals surface area contributed by atoms with Crippen LogP contribution in [0.25, 0.3) is 0 Å². The smallest absolute Gasteiger partial charge is 0.319 e. The van der Waals surface area contributed by atoms with Gasteiger partial charge in [-0.2, -0.15) is 0 Å². The third-order valence-electron chi connectivity index (χ3n) is 1.41. The highest BCUT2D eigenvalue weighted by Gasteiger charge is 2.04. The summed E-state index contributed by atoms with van der Waals surface area (Å²) in [5.74, 6) is 2.27. The quantitative estimate of drug-likeness (QED) is 0.482. The van der Waals surface area contributed by atoms with Gasteiger partial charge in [0.05, 0.1) is 19.2 Å².